The third-order valence-corrected chi connectivity index (χ3v) is 5.71. The summed E-state index contributed by atoms with van der Waals surface area (Å²) in [5.41, 5.74) is 2.17. The number of hydrogen-bond acceptors (Lipinski definition) is 4. The number of carbonyl (C=O) groups is 1. The molecule has 3 aromatic rings. The van der Waals surface area contributed by atoms with Gasteiger partial charge >= 0.3 is 0 Å². The van der Waals surface area contributed by atoms with Gasteiger partial charge in [-0.25, -0.2) is 4.98 Å². The third kappa shape index (κ3) is 4.06. The van der Waals surface area contributed by atoms with E-state index in [-0.39, 0.29) is 18.0 Å². The summed E-state index contributed by atoms with van der Waals surface area (Å²) >= 11 is 1.65. The zero-order valence-corrected chi connectivity index (χ0v) is 15.6. The second kappa shape index (κ2) is 7.76. The van der Waals surface area contributed by atoms with Crippen LogP contribution >= 0.6 is 11.3 Å². The van der Waals surface area contributed by atoms with Crippen LogP contribution in [0.15, 0.2) is 54.6 Å². The SMILES string of the molecule is C[C@H](NCC(=O)N(C)[C@@H](C)c1nc2ccccc2s1)c1ccccc1. The summed E-state index contributed by atoms with van der Waals surface area (Å²) in [4.78, 5) is 19.0. The number of thiazole rings is 1. The quantitative estimate of drug-likeness (QED) is 0.723. The lowest BCUT2D eigenvalue weighted by Gasteiger charge is -2.24. The highest BCUT2D eigenvalue weighted by Crippen LogP contribution is 2.28. The Morgan fingerprint density at radius 1 is 1.12 bits per heavy atom. The number of likely N-dealkylation sites (N-methyl/N-ethyl adjacent to an activating group) is 1. The molecule has 3 rings (SSSR count). The van der Waals surface area contributed by atoms with Gasteiger partial charge in [0.25, 0.3) is 0 Å². The average molecular weight is 353 g/mol. The van der Waals surface area contributed by atoms with Gasteiger partial charge in [0.1, 0.15) is 5.01 Å². The fourth-order valence-corrected chi connectivity index (χ4v) is 3.74. The maximum Gasteiger partial charge on any atom is 0.236 e. The molecular weight excluding hydrogens is 330 g/mol. The molecule has 0 radical (unpaired) electrons. The Labute approximate surface area is 152 Å². The van der Waals surface area contributed by atoms with Gasteiger partial charge < -0.3 is 10.2 Å². The summed E-state index contributed by atoms with van der Waals surface area (Å²) < 4.78 is 1.15. The number of fused-ring (bicyclic) bond motifs is 1. The first-order valence-electron chi connectivity index (χ1n) is 8.45. The molecule has 0 aliphatic carbocycles. The van der Waals surface area contributed by atoms with Crippen LogP contribution < -0.4 is 5.32 Å². The second-order valence-electron chi connectivity index (χ2n) is 6.21. The topological polar surface area (TPSA) is 45.2 Å². The van der Waals surface area contributed by atoms with Crippen LogP contribution in [0, 0.1) is 0 Å². The van der Waals surface area contributed by atoms with Crippen LogP contribution in [0.25, 0.3) is 10.2 Å². The number of carbonyl (C=O) groups excluding carboxylic acids is 1. The summed E-state index contributed by atoms with van der Waals surface area (Å²) in [5.74, 6) is 0.0644. The van der Waals surface area contributed by atoms with E-state index in [9.17, 15) is 4.79 Å². The van der Waals surface area contributed by atoms with E-state index < -0.39 is 0 Å². The minimum Gasteiger partial charge on any atom is -0.335 e. The first-order valence-corrected chi connectivity index (χ1v) is 9.27. The summed E-state index contributed by atoms with van der Waals surface area (Å²) in [7, 11) is 1.84. The summed E-state index contributed by atoms with van der Waals surface area (Å²) in [6, 6.07) is 18.3. The van der Waals surface area contributed by atoms with Gasteiger partial charge in [-0.15, -0.1) is 11.3 Å². The van der Waals surface area contributed by atoms with E-state index in [0.717, 1.165) is 15.2 Å². The zero-order chi connectivity index (χ0) is 17.8. The highest BCUT2D eigenvalue weighted by atomic mass is 32.1. The molecule has 1 heterocycles. The largest absolute Gasteiger partial charge is 0.335 e. The van der Waals surface area contributed by atoms with Crippen molar-refractivity contribution >= 4 is 27.5 Å². The monoisotopic (exact) mass is 353 g/mol. The van der Waals surface area contributed by atoms with E-state index in [1.54, 1.807) is 16.2 Å². The van der Waals surface area contributed by atoms with Crippen LogP contribution in [0.3, 0.4) is 0 Å². The first-order chi connectivity index (χ1) is 12.1. The molecule has 4 nitrogen and oxygen atoms in total. The normalized spacial score (nSPS) is 13.6. The molecule has 2 aromatic carbocycles. The van der Waals surface area contributed by atoms with Crippen molar-refractivity contribution in [1.29, 1.82) is 0 Å². The van der Waals surface area contributed by atoms with Crippen molar-refractivity contribution in [2.45, 2.75) is 25.9 Å². The number of amides is 1. The van der Waals surface area contributed by atoms with Crippen molar-refractivity contribution in [3.05, 3.63) is 65.2 Å². The number of rotatable bonds is 6. The standard InChI is InChI=1S/C20H23N3OS/c1-14(16-9-5-4-6-10-16)21-13-19(24)23(3)15(2)20-22-17-11-7-8-12-18(17)25-20/h4-12,14-15,21H,13H2,1-3H3/t14-,15-/m0/s1. The van der Waals surface area contributed by atoms with Crippen molar-refractivity contribution in [2.75, 3.05) is 13.6 Å². The fraction of sp³-hybridized carbons (Fsp3) is 0.300. The Balaban J connectivity index is 1.61. The number of para-hydroxylation sites is 1. The molecule has 0 unspecified atom stereocenters. The first kappa shape index (κ1) is 17.6. The van der Waals surface area contributed by atoms with Crippen LogP contribution in [0.2, 0.25) is 0 Å². The minimum atomic E-state index is -0.0428. The lowest BCUT2D eigenvalue weighted by atomic mass is 10.1. The van der Waals surface area contributed by atoms with Gasteiger partial charge in [-0.1, -0.05) is 42.5 Å². The molecule has 0 saturated heterocycles. The molecule has 1 aromatic heterocycles. The predicted molar refractivity (Wildman–Crippen MR) is 104 cm³/mol. The number of hydrogen-bond donors (Lipinski definition) is 1. The van der Waals surface area contributed by atoms with Crippen LogP contribution in [0.5, 0.6) is 0 Å². The van der Waals surface area contributed by atoms with Crippen LogP contribution in [0.4, 0.5) is 0 Å². The average Bonchev–Trinajstić information content (AvgIpc) is 3.09. The molecule has 0 aliphatic rings. The maximum absolute atomic E-state index is 12.5. The molecule has 5 heteroatoms. The molecule has 0 fully saturated rings. The molecule has 1 amide bonds. The summed E-state index contributed by atoms with van der Waals surface area (Å²) in [5, 5.41) is 4.27. The van der Waals surface area contributed by atoms with Crippen molar-refractivity contribution in [2.24, 2.45) is 0 Å². The maximum atomic E-state index is 12.5. The number of nitrogens with one attached hydrogen (secondary N) is 1. The van der Waals surface area contributed by atoms with Gasteiger partial charge in [0.2, 0.25) is 5.91 Å². The molecule has 0 spiro atoms. The molecule has 0 saturated carbocycles. The fourth-order valence-electron chi connectivity index (χ4n) is 2.68. The summed E-state index contributed by atoms with van der Waals surface area (Å²) in [6.45, 7) is 4.40. The molecule has 0 bridgehead atoms. The smallest absolute Gasteiger partial charge is 0.236 e. The van der Waals surface area contributed by atoms with Crippen molar-refractivity contribution < 1.29 is 4.79 Å². The number of nitrogens with zero attached hydrogens (tertiary/aromatic N) is 2. The Kier molecular flexibility index (Phi) is 5.46. The van der Waals surface area contributed by atoms with Crippen molar-refractivity contribution in [3.8, 4) is 0 Å². The van der Waals surface area contributed by atoms with E-state index >= 15 is 0 Å². The highest BCUT2D eigenvalue weighted by Gasteiger charge is 2.21. The van der Waals surface area contributed by atoms with E-state index in [1.807, 2.05) is 50.4 Å². The van der Waals surface area contributed by atoms with Gasteiger partial charge in [-0.05, 0) is 31.5 Å². The zero-order valence-electron chi connectivity index (χ0n) is 14.8. The van der Waals surface area contributed by atoms with Crippen molar-refractivity contribution in [1.82, 2.24) is 15.2 Å². The molecule has 25 heavy (non-hydrogen) atoms. The van der Waals surface area contributed by atoms with Gasteiger partial charge in [0, 0.05) is 13.1 Å². The lowest BCUT2D eigenvalue weighted by Crippen LogP contribution is -2.37. The predicted octanol–water partition coefficient (Wildman–Crippen LogP) is 4.17. The van der Waals surface area contributed by atoms with E-state index in [0.29, 0.717) is 6.54 Å². The molecule has 2 atom stereocenters. The Bertz CT molecular complexity index is 813. The van der Waals surface area contributed by atoms with Gasteiger partial charge in [0.15, 0.2) is 0 Å². The van der Waals surface area contributed by atoms with E-state index in [4.69, 9.17) is 0 Å². The van der Waals surface area contributed by atoms with Crippen LogP contribution in [-0.2, 0) is 4.79 Å². The molecule has 1 N–H and O–H groups in total. The van der Waals surface area contributed by atoms with Gasteiger partial charge in [0.05, 0.1) is 22.8 Å². The molecular formula is C20H23N3OS. The highest BCUT2D eigenvalue weighted by molar-refractivity contribution is 7.18. The Hall–Kier alpha value is -2.24. The van der Waals surface area contributed by atoms with Crippen LogP contribution in [0.1, 0.15) is 36.5 Å². The van der Waals surface area contributed by atoms with E-state index in [2.05, 4.69) is 35.4 Å². The van der Waals surface area contributed by atoms with E-state index in [1.165, 1.54) is 5.56 Å². The number of benzene rings is 2. The molecule has 0 aliphatic heterocycles. The minimum absolute atomic E-state index is 0.0428. The number of aromatic nitrogens is 1. The summed E-state index contributed by atoms with van der Waals surface area (Å²) in [6.07, 6.45) is 0. The molecule has 130 valence electrons. The van der Waals surface area contributed by atoms with Crippen LogP contribution in [-0.4, -0.2) is 29.4 Å². The lowest BCUT2D eigenvalue weighted by molar-refractivity contribution is -0.131. The van der Waals surface area contributed by atoms with Gasteiger partial charge in [-0.2, -0.15) is 0 Å². The van der Waals surface area contributed by atoms with Gasteiger partial charge in [-0.3, -0.25) is 4.79 Å². The Morgan fingerprint density at radius 2 is 1.80 bits per heavy atom. The Morgan fingerprint density at radius 3 is 2.52 bits per heavy atom. The third-order valence-electron chi connectivity index (χ3n) is 4.50. The van der Waals surface area contributed by atoms with Crippen molar-refractivity contribution in [3.63, 3.8) is 0 Å². The second-order valence-corrected chi connectivity index (χ2v) is 7.28.